The number of anilines is 1. The van der Waals surface area contributed by atoms with Gasteiger partial charge < -0.3 is 19.7 Å². The van der Waals surface area contributed by atoms with Gasteiger partial charge in [-0.1, -0.05) is 36.8 Å². The molecule has 1 aliphatic rings. The topological polar surface area (TPSA) is 76.6 Å². The molecule has 1 fully saturated rings. The lowest BCUT2D eigenvalue weighted by Crippen LogP contribution is -2.42. The van der Waals surface area contributed by atoms with Crippen molar-refractivity contribution in [1.29, 1.82) is 0 Å². The second-order valence-electron chi connectivity index (χ2n) is 8.37. The molecule has 2 amide bonds. The highest BCUT2D eigenvalue weighted by molar-refractivity contribution is 5.89. The van der Waals surface area contributed by atoms with Crippen LogP contribution in [-0.4, -0.2) is 47.7 Å². The minimum atomic E-state index is -0.109. The van der Waals surface area contributed by atoms with E-state index >= 15 is 0 Å². The lowest BCUT2D eigenvalue weighted by molar-refractivity contribution is 0.198. The van der Waals surface area contributed by atoms with E-state index in [1.165, 1.54) is 5.57 Å². The average Bonchev–Trinajstić information content (AvgIpc) is 2.86. The van der Waals surface area contributed by atoms with Crippen molar-refractivity contribution in [2.75, 3.05) is 32.1 Å². The zero-order chi connectivity index (χ0) is 23.8. The van der Waals surface area contributed by atoms with Crippen LogP contribution in [0.4, 0.5) is 10.5 Å². The molecule has 34 heavy (non-hydrogen) atoms. The third-order valence-corrected chi connectivity index (χ3v) is 5.87. The molecule has 0 bridgehead atoms. The van der Waals surface area contributed by atoms with Crippen molar-refractivity contribution in [2.45, 2.75) is 19.8 Å². The monoisotopic (exact) mass is 458 g/mol. The molecular weight excluding hydrogens is 428 g/mol. The van der Waals surface area contributed by atoms with Gasteiger partial charge in [0, 0.05) is 38.0 Å². The lowest BCUT2D eigenvalue weighted by Gasteiger charge is -2.33. The molecule has 3 heterocycles. The lowest BCUT2D eigenvalue weighted by atomic mass is 9.91. The fraction of sp³-hybridized carbons (Fsp3) is 0.296. The van der Waals surface area contributed by atoms with Gasteiger partial charge in [0.2, 0.25) is 5.88 Å². The van der Waals surface area contributed by atoms with Gasteiger partial charge in [0.25, 0.3) is 0 Å². The van der Waals surface area contributed by atoms with Crippen LogP contribution in [0.5, 0.6) is 11.6 Å². The molecule has 2 aromatic heterocycles. The first-order valence-corrected chi connectivity index (χ1v) is 11.5. The summed E-state index contributed by atoms with van der Waals surface area (Å²) in [5.41, 5.74) is 4.26. The van der Waals surface area contributed by atoms with Gasteiger partial charge in [0.15, 0.2) is 0 Å². The Morgan fingerprint density at radius 3 is 2.85 bits per heavy atom. The molecule has 1 N–H and O–H groups in total. The Balaban J connectivity index is 1.31. The second-order valence-corrected chi connectivity index (χ2v) is 8.37. The number of nitrogens with one attached hydrogen (secondary N) is 1. The highest BCUT2D eigenvalue weighted by Gasteiger charge is 2.24. The Hall–Kier alpha value is -3.87. The summed E-state index contributed by atoms with van der Waals surface area (Å²) in [7, 11) is 1.56. The van der Waals surface area contributed by atoms with Crippen LogP contribution in [0.1, 0.15) is 24.5 Å². The first-order valence-electron chi connectivity index (χ1n) is 11.5. The van der Waals surface area contributed by atoms with E-state index in [0.717, 1.165) is 29.7 Å². The Morgan fingerprint density at radius 2 is 2.12 bits per heavy atom. The largest absolute Gasteiger partial charge is 0.493 e. The van der Waals surface area contributed by atoms with Gasteiger partial charge in [-0.25, -0.2) is 9.78 Å². The number of nitrogens with zero attached hydrogens (tertiary/aromatic N) is 3. The van der Waals surface area contributed by atoms with E-state index in [9.17, 15) is 4.79 Å². The quantitative estimate of drug-likeness (QED) is 0.535. The number of pyridine rings is 2. The number of amides is 2. The molecule has 0 radical (unpaired) electrons. The molecule has 0 aliphatic carbocycles. The van der Waals surface area contributed by atoms with Crippen molar-refractivity contribution in [3.8, 4) is 11.6 Å². The number of methoxy groups -OCH3 is 1. The minimum absolute atomic E-state index is 0.109. The maximum Gasteiger partial charge on any atom is 0.321 e. The number of aromatic nitrogens is 2. The second kappa shape index (κ2) is 11.3. The number of likely N-dealkylation sites (tertiary alicyclic amines) is 1. The summed E-state index contributed by atoms with van der Waals surface area (Å²) >= 11 is 0. The number of carbonyl (C=O) groups excluding carboxylic acids is 1. The van der Waals surface area contributed by atoms with Crippen LogP contribution in [0.25, 0.3) is 6.08 Å². The smallest absolute Gasteiger partial charge is 0.321 e. The molecule has 7 nitrogen and oxygen atoms in total. The van der Waals surface area contributed by atoms with Gasteiger partial charge in [0.1, 0.15) is 5.75 Å². The van der Waals surface area contributed by atoms with Crippen LogP contribution in [0.3, 0.4) is 0 Å². The molecule has 4 rings (SSSR count). The van der Waals surface area contributed by atoms with Crippen LogP contribution >= 0.6 is 0 Å². The van der Waals surface area contributed by atoms with Gasteiger partial charge >= 0.3 is 6.03 Å². The predicted octanol–water partition coefficient (Wildman–Crippen LogP) is 5.06. The average molecular weight is 459 g/mol. The van der Waals surface area contributed by atoms with Gasteiger partial charge in [-0.2, -0.15) is 0 Å². The van der Waals surface area contributed by atoms with E-state index in [2.05, 4.69) is 46.5 Å². The third kappa shape index (κ3) is 6.34. The Morgan fingerprint density at radius 1 is 1.21 bits per heavy atom. The summed E-state index contributed by atoms with van der Waals surface area (Å²) in [6.07, 6.45) is 9.12. The molecule has 1 atom stereocenters. The van der Waals surface area contributed by atoms with E-state index in [0.29, 0.717) is 31.3 Å². The van der Waals surface area contributed by atoms with Crippen molar-refractivity contribution in [3.63, 3.8) is 0 Å². The summed E-state index contributed by atoms with van der Waals surface area (Å²) in [5, 5.41) is 2.92. The van der Waals surface area contributed by atoms with E-state index in [1.807, 2.05) is 29.3 Å². The molecule has 1 aromatic carbocycles. The molecule has 3 aromatic rings. The summed E-state index contributed by atoms with van der Waals surface area (Å²) in [6.45, 7) is 4.11. The summed E-state index contributed by atoms with van der Waals surface area (Å²) in [6, 6.07) is 15.6. The number of carbonyl (C=O) groups is 1. The van der Waals surface area contributed by atoms with Gasteiger partial charge in [-0.05, 0) is 47.7 Å². The molecule has 7 heteroatoms. The van der Waals surface area contributed by atoms with Crippen LogP contribution in [0, 0.1) is 5.92 Å². The van der Waals surface area contributed by atoms with E-state index in [4.69, 9.17) is 9.47 Å². The van der Waals surface area contributed by atoms with Crippen LogP contribution in [-0.2, 0) is 6.42 Å². The number of hydrogen-bond donors (Lipinski definition) is 1. The Kier molecular flexibility index (Phi) is 7.75. The Bertz CT molecular complexity index is 1120. The number of benzene rings is 1. The van der Waals surface area contributed by atoms with Crippen LogP contribution < -0.4 is 14.8 Å². The van der Waals surface area contributed by atoms with Crippen molar-refractivity contribution < 1.29 is 14.3 Å². The highest BCUT2D eigenvalue weighted by Crippen LogP contribution is 2.26. The van der Waals surface area contributed by atoms with E-state index in [-0.39, 0.29) is 11.9 Å². The third-order valence-electron chi connectivity index (χ3n) is 5.87. The standard InChI is InChI=1S/C27H30N4O3/c1-20-19-31(27(32)30-24-8-9-26(33-2)29-18-24)13-10-23(20)15-22-5-3-7-25(16-22)34-14-11-21-6-4-12-28-17-21/h3-9,12,15-18,20H,10-11,13-14,19H2,1-2H3,(H,30,32). The summed E-state index contributed by atoms with van der Waals surface area (Å²) in [4.78, 5) is 22.8. The molecule has 0 saturated carbocycles. The molecule has 0 spiro atoms. The molecule has 1 unspecified atom stereocenters. The van der Waals surface area contributed by atoms with Gasteiger partial charge in [-0.15, -0.1) is 0 Å². The van der Waals surface area contributed by atoms with E-state index < -0.39 is 0 Å². The first-order chi connectivity index (χ1) is 16.6. The maximum absolute atomic E-state index is 12.7. The zero-order valence-corrected chi connectivity index (χ0v) is 19.6. The fourth-order valence-electron chi connectivity index (χ4n) is 3.97. The van der Waals surface area contributed by atoms with Crippen molar-refractivity contribution in [1.82, 2.24) is 14.9 Å². The molecule has 1 aliphatic heterocycles. The van der Waals surface area contributed by atoms with Crippen LogP contribution in [0.15, 0.2) is 72.7 Å². The number of piperidine rings is 1. The highest BCUT2D eigenvalue weighted by atomic mass is 16.5. The van der Waals surface area contributed by atoms with Crippen molar-refractivity contribution in [3.05, 3.63) is 83.8 Å². The number of hydrogen-bond acceptors (Lipinski definition) is 5. The fourth-order valence-corrected chi connectivity index (χ4v) is 3.97. The predicted molar refractivity (Wildman–Crippen MR) is 133 cm³/mol. The maximum atomic E-state index is 12.7. The number of ether oxygens (including phenoxy) is 2. The van der Waals surface area contributed by atoms with Gasteiger partial charge in [-0.3, -0.25) is 4.98 Å². The normalized spacial score (nSPS) is 16.8. The summed E-state index contributed by atoms with van der Waals surface area (Å²) < 4.78 is 11.0. The van der Waals surface area contributed by atoms with Crippen LogP contribution in [0.2, 0.25) is 0 Å². The molecule has 176 valence electrons. The van der Waals surface area contributed by atoms with E-state index in [1.54, 1.807) is 31.6 Å². The first kappa shape index (κ1) is 23.3. The summed E-state index contributed by atoms with van der Waals surface area (Å²) in [5.74, 6) is 1.64. The number of rotatable bonds is 7. The van der Waals surface area contributed by atoms with Crippen molar-refractivity contribution in [2.24, 2.45) is 5.92 Å². The van der Waals surface area contributed by atoms with Crippen molar-refractivity contribution >= 4 is 17.8 Å². The number of urea groups is 1. The Labute approximate surface area is 200 Å². The molecule has 1 saturated heterocycles. The SMILES string of the molecule is COc1ccc(NC(=O)N2CCC(=Cc3cccc(OCCc4cccnc4)c3)C(C)C2)cn1. The van der Waals surface area contributed by atoms with Gasteiger partial charge in [0.05, 0.1) is 25.6 Å². The molecular formula is C27H30N4O3. The zero-order valence-electron chi connectivity index (χ0n) is 19.6. The minimum Gasteiger partial charge on any atom is -0.493 e.